The predicted molar refractivity (Wildman–Crippen MR) is 87.6 cm³/mol. The van der Waals surface area contributed by atoms with Crippen LogP contribution in [0.25, 0.3) is 0 Å². The lowest BCUT2D eigenvalue weighted by molar-refractivity contribution is 0.136. The first-order valence-corrected chi connectivity index (χ1v) is 10.8. The van der Waals surface area contributed by atoms with Crippen molar-refractivity contribution in [1.82, 2.24) is 9.05 Å². The molecule has 1 aliphatic rings. The van der Waals surface area contributed by atoms with Gasteiger partial charge >= 0.3 is 26.4 Å². The van der Waals surface area contributed by atoms with E-state index in [1.807, 2.05) is 0 Å². The summed E-state index contributed by atoms with van der Waals surface area (Å²) in [5, 5.41) is 57.0. The third kappa shape index (κ3) is 2.74. The quantitative estimate of drug-likeness (QED) is 0.543. The Bertz CT molecular complexity index is 966. The molecule has 1 aromatic rings. The summed E-state index contributed by atoms with van der Waals surface area (Å²) in [6, 6.07) is 7.89. The molecule has 0 radical (unpaired) electrons. The third-order valence-electron chi connectivity index (χ3n) is 2.83. The van der Waals surface area contributed by atoms with Crippen molar-refractivity contribution < 1.29 is 4.84 Å². The molecule has 2 rings (SSSR count). The van der Waals surface area contributed by atoms with Crippen LogP contribution in [0.15, 0.2) is 34.8 Å². The average molecular weight is 384 g/mol. The Morgan fingerprint density at radius 1 is 1.00 bits per heavy atom. The molecule has 0 saturated carbocycles. The van der Waals surface area contributed by atoms with Gasteiger partial charge in [-0.05, 0) is 12.1 Å². The van der Waals surface area contributed by atoms with Crippen LogP contribution in [-0.2, 0) is 0 Å². The molecule has 0 N–H and O–H groups in total. The van der Waals surface area contributed by atoms with Gasteiger partial charge in [-0.1, -0.05) is 22.6 Å². The molecule has 0 saturated heterocycles. The summed E-state index contributed by atoms with van der Waals surface area (Å²) in [6.45, 7) is 0. The van der Waals surface area contributed by atoms with Crippen molar-refractivity contribution in [2.45, 2.75) is 0 Å². The van der Waals surface area contributed by atoms with Crippen molar-refractivity contribution in [3.8, 4) is 41.0 Å². The summed E-state index contributed by atoms with van der Waals surface area (Å²) in [5.41, 5.74) is 0. The number of hydrogen-bond donors (Lipinski definition) is 0. The van der Waals surface area contributed by atoms with Gasteiger partial charge in [-0.3, -0.25) is 0 Å². The van der Waals surface area contributed by atoms with Gasteiger partial charge in [-0.25, -0.2) is 0 Å². The van der Waals surface area contributed by atoms with Gasteiger partial charge in [-0.2, -0.15) is 25.6 Å². The molecule has 1 aromatic carbocycles. The van der Waals surface area contributed by atoms with Crippen LogP contribution in [0.4, 0.5) is 0 Å². The van der Waals surface area contributed by atoms with E-state index in [4.69, 9.17) is 4.84 Å². The molecular formula is C12H5N9OP3+. The smallest absolute Gasteiger partial charge is 0.363 e. The molecule has 0 fully saturated rings. The maximum absolute atomic E-state index is 9.65. The van der Waals surface area contributed by atoms with Gasteiger partial charge in [0, 0.05) is 0 Å². The summed E-state index contributed by atoms with van der Waals surface area (Å²) in [5.74, 6) is 8.70. The molecule has 0 aliphatic carbocycles. The number of rotatable bonds is 2. The molecule has 0 bridgehead atoms. The van der Waals surface area contributed by atoms with E-state index >= 15 is 0 Å². The van der Waals surface area contributed by atoms with Gasteiger partial charge in [0.05, 0.1) is 4.60 Å². The maximum atomic E-state index is 9.65. The maximum Gasteiger partial charge on any atom is 0.447 e. The highest BCUT2D eigenvalue weighted by atomic mass is 31.3. The van der Waals surface area contributed by atoms with Crippen LogP contribution in [0.3, 0.4) is 0 Å². The molecular weight excluding hydrogens is 379 g/mol. The fourth-order valence-corrected chi connectivity index (χ4v) is 9.85. The summed E-state index contributed by atoms with van der Waals surface area (Å²) < 4.78 is 5.24. The average Bonchev–Trinajstić information content (AvgIpc) is 2.68. The van der Waals surface area contributed by atoms with Crippen LogP contribution in [-0.4, -0.2) is 9.05 Å². The van der Waals surface area contributed by atoms with Crippen LogP contribution in [0.5, 0.6) is 5.75 Å². The highest BCUT2D eigenvalue weighted by Crippen LogP contribution is 2.84. The summed E-state index contributed by atoms with van der Waals surface area (Å²) in [6.07, 6.45) is 1.63. The highest BCUT2D eigenvalue weighted by Gasteiger charge is 2.70. The fraction of sp³-hybridized carbons (Fsp3) is 0. The van der Waals surface area contributed by atoms with E-state index in [9.17, 15) is 31.6 Å². The first-order valence-electron chi connectivity index (χ1n) is 6.18. The van der Waals surface area contributed by atoms with Gasteiger partial charge in [0.25, 0.3) is 8.22 Å². The number of nitriles is 6. The van der Waals surface area contributed by atoms with Crippen LogP contribution < -0.4 is 4.84 Å². The van der Waals surface area contributed by atoms with Crippen molar-refractivity contribution in [3.05, 3.63) is 30.3 Å². The zero-order chi connectivity index (χ0) is 18.5. The van der Waals surface area contributed by atoms with Crippen molar-refractivity contribution in [2.24, 2.45) is 4.52 Å². The second kappa shape index (κ2) is 7.14. The normalized spacial score (nSPS) is 20.1. The summed E-state index contributed by atoms with van der Waals surface area (Å²) >= 11 is 0. The molecule has 1 unspecified atom stereocenters. The van der Waals surface area contributed by atoms with Gasteiger partial charge in [0.15, 0.2) is 5.75 Å². The minimum Gasteiger partial charge on any atom is -0.363 e. The monoisotopic (exact) mass is 384 g/mol. The lowest BCUT2D eigenvalue weighted by atomic mass is 10.3. The molecule has 13 heteroatoms. The van der Waals surface area contributed by atoms with E-state index in [2.05, 4.69) is 4.52 Å². The van der Waals surface area contributed by atoms with E-state index in [-0.39, 0.29) is 5.75 Å². The molecule has 118 valence electrons. The van der Waals surface area contributed by atoms with Gasteiger partial charge < -0.3 is 4.84 Å². The van der Waals surface area contributed by atoms with Gasteiger partial charge in [-0.15, -0.1) is 10.5 Å². The van der Waals surface area contributed by atoms with Gasteiger partial charge in [0.1, 0.15) is 17.4 Å². The summed E-state index contributed by atoms with van der Waals surface area (Å²) in [4.78, 5) is 5.53. The zero-order valence-electron chi connectivity index (χ0n) is 12.2. The molecule has 1 heterocycles. The van der Waals surface area contributed by atoms with Crippen LogP contribution in [0.1, 0.15) is 0 Å². The Morgan fingerprint density at radius 3 is 2.04 bits per heavy atom. The SMILES string of the molecule is N#CN1P(C#N)N=P(C#N)(C#N)N(Oc2ccccc2)[P+]1(C#N)C#N. The lowest BCUT2D eigenvalue weighted by Gasteiger charge is -2.33. The Labute approximate surface area is 144 Å². The minimum absolute atomic E-state index is 0.156. The molecule has 0 spiro atoms. The van der Waals surface area contributed by atoms with E-state index in [1.165, 1.54) is 12.1 Å². The number of hydrogen-bond acceptors (Lipinski definition) is 10. The Kier molecular flexibility index (Phi) is 5.19. The third-order valence-corrected chi connectivity index (χ3v) is 10.9. The van der Waals surface area contributed by atoms with Crippen LogP contribution >= 0.6 is 23.0 Å². The van der Waals surface area contributed by atoms with E-state index in [1.54, 1.807) is 53.4 Å². The number of benzene rings is 1. The molecule has 10 nitrogen and oxygen atoms in total. The number of para-hydroxylation sites is 1. The van der Waals surface area contributed by atoms with E-state index in [0.717, 1.165) is 0 Å². The molecule has 25 heavy (non-hydrogen) atoms. The first-order chi connectivity index (χ1) is 12.1. The first kappa shape index (κ1) is 18.2. The molecule has 0 amide bonds. The van der Waals surface area contributed by atoms with Crippen molar-refractivity contribution >= 4 is 23.0 Å². The molecule has 1 atom stereocenters. The predicted octanol–water partition coefficient (Wildman–Crippen LogP) is 3.76. The van der Waals surface area contributed by atoms with Crippen LogP contribution in [0.2, 0.25) is 0 Å². The van der Waals surface area contributed by atoms with Crippen LogP contribution in [0, 0.1) is 66.8 Å². The van der Waals surface area contributed by atoms with E-state index < -0.39 is 23.0 Å². The largest absolute Gasteiger partial charge is 0.447 e. The van der Waals surface area contributed by atoms with Crippen molar-refractivity contribution in [3.63, 3.8) is 0 Å². The topological polar surface area (TPSA) is 171 Å². The van der Waals surface area contributed by atoms with Crippen molar-refractivity contribution in [1.29, 1.82) is 31.6 Å². The second-order valence-corrected chi connectivity index (χ2v) is 11.0. The van der Waals surface area contributed by atoms with Gasteiger partial charge in [0.2, 0.25) is 6.19 Å². The molecule has 1 aliphatic heterocycles. The summed E-state index contributed by atoms with van der Waals surface area (Å²) in [7, 11) is -10.1. The Balaban J connectivity index is 2.82. The fourth-order valence-electron chi connectivity index (χ4n) is 1.76. The standard InChI is InChI=1S/C12H5N9OP3/c13-6-20-23(7-14)19-24(8-15,9-16)21(25(20,10-17)11-18)22-12-4-2-1-3-5-12/h1-5H/q+1. The second-order valence-electron chi connectivity index (χ2n) is 4.13. The zero-order valence-corrected chi connectivity index (χ0v) is 14.8. The van der Waals surface area contributed by atoms with E-state index in [0.29, 0.717) is 9.05 Å². The minimum atomic E-state index is -3.95. The Morgan fingerprint density at radius 2 is 1.60 bits per heavy atom. The number of nitrogens with zero attached hydrogens (tertiary/aromatic N) is 9. The highest BCUT2D eigenvalue weighted by molar-refractivity contribution is 7.99. The molecule has 0 aromatic heterocycles. The Hall–Kier alpha value is -3.19. The van der Waals surface area contributed by atoms with Crippen molar-refractivity contribution in [2.75, 3.05) is 0 Å². The lowest BCUT2D eigenvalue weighted by Crippen LogP contribution is -2.32.